The number of anilines is 2. The molecule has 4 heterocycles. The van der Waals surface area contributed by atoms with Gasteiger partial charge in [0.1, 0.15) is 15.5 Å². The number of nitrogens with two attached hydrogens (primary N) is 2. The first-order valence-corrected chi connectivity index (χ1v) is 11.9. The lowest BCUT2D eigenvalue weighted by Gasteiger charge is -2.26. The number of alkyl halides is 3. The Labute approximate surface area is 198 Å². The average molecular weight is 491 g/mol. The Morgan fingerprint density at radius 1 is 1.21 bits per heavy atom. The van der Waals surface area contributed by atoms with Crippen LogP contribution in [0.15, 0.2) is 24.3 Å². The molecule has 180 valence electrons. The number of nitrogens with zero attached hydrogens (tertiary/aromatic N) is 3. The lowest BCUT2D eigenvalue weighted by atomic mass is 9.91. The van der Waals surface area contributed by atoms with E-state index in [0.717, 1.165) is 27.2 Å². The van der Waals surface area contributed by atoms with Gasteiger partial charge < -0.3 is 21.7 Å². The molecule has 0 aromatic carbocycles. The van der Waals surface area contributed by atoms with E-state index < -0.39 is 18.1 Å². The fourth-order valence-electron chi connectivity index (χ4n) is 4.77. The molecular weight excluding hydrogens is 465 g/mol. The lowest BCUT2D eigenvalue weighted by molar-refractivity contribution is -0.171. The summed E-state index contributed by atoms with van der Waals surface area (Å²) < 4.78 is 39.5. The van der Waals surface area contributed by atoms with Crippen LogP contribution in [0.5, 0.6) is 0 Å². The van der Waals surface area contributed by atoms with Crippen molar-refractivity contribution in [1.82, 2.24) is 15.3 Å². The fraction of sp³-hybridized carbons (Fsp3) is 0.435. The van der Waals surface area contributed by atoms with Gasteiger partial charge in [-0.1, -0.05) is 6.07 Å². The van der Waals surface area contributed by atoms with Gasteiger partial charge in [0.2, 0.25) is 0 Å². The number of pyridine rings is 2. The number of thiophene rings is 1. The molecule has 0 bridgehead atoms. The zero-order valence-corrected chi connectivity index (χ0v) is 19.3. The van der Waals surface area contributed by atoms with Crippen molar-refractivity contribution in [2.24, 2.45) is 11.7 Å². The Morgan fingerprint density at radius 3 is 2.74 bits per heavy atom. The van der Waals surface area contributed by atoms with Gasteiger partial charge in [-0.2, -0.15) is 13.2 Å². The van der Waals surface area contributed by atoms with Crippen LogP contribution in [0.1, 0.15) is 33.0 Å². The van der Waals surface area contributed by atoms with E-state index in [-0.39, 0.29) is 25.0 Å². The summed E-state index contributed by atoms with van der Waals surface area (Å²) >= 11 is 1.28. The first-order valence-electron chi connectivity index (χ1n) is 11.1. The van der Waals surface area contributed by atoms with Crippen molar-refractivity contribution in [3.8, 4) is 0 Å². The van der Waals surface area contributed by atoms with Crippen molar-refractivity contribution in [3.05, 3.63) is 46.1 Å². The first kappa shape index (κ1) is 22.9. The van der Waals surface area contributed by atoms with Gasteiger partial charge in [0, 0.05) is 41.9 Å². The molecule has 3 atom stereocenters. The van der Waals surface area contributed by atoms with E-state index in [1.54, 1.807) is 11.0 Å². The number of hydrogen-bond acceptors (Lipinski definition) is 7. The Kier molecular flexibility index (Phi) is 5.64. The Balaban J connectivity index is 1.27. The van der Waals surface area contributed by atoms with Gasteiger partial charge in [0.25, 0.3) is 5.91 Å². The van der Waals surface area contributed by atoms with Crippen LogP contribution in [0.3, 0.4) is 0 Å². The van der Waals surface area contributed by atoms with Crippen molar-refractivity contribution in [3.63, 3.8) is 0 Å². The maximum absolute atomic E-state index is 13.2. The lowest BCUT2D eigenvalue weighted by Crippen LogP contribution is -2.39. The minimum Gasteiger partial charge on any atom is -0.397 e. The summed E-state index contributed by atoms with van der Waals surface area (Å²) in [6.45, 7) is 1.83. The number of carbonyl (C=O) groups excluding carboxylic acids is 1. The Hall–Kier alpha value is -2.92. The highest BCUT2D eigenvalue weighted by Crippen LogP contribution is 2.36. The maximum Gasteiger partial charge on any atom is 0.395 e. The summed E-state index contributed by atoms with van der Waals surface area (Å²) in [6.07, 6.45) is -2.41. The normalized spacial score (nSPS) is 22.7. The molecule has 1 aliphatic heterocycles. The van der Waals surface area contributed by atoms with Crippen LogP contribution in [0.4, 0.5) is 24.7 Å². The second kappa shape index (κ2) is 8.38. The number of hydrogen-bond donors (Lipinski definition) is 3. The van der Waals surface area contributed by atoms with Crippen molar-refractivity contribution in [2.45, 2.75) is 44.4 Å². The smallest absolute Gasteiger partial charge is 0.395 e. The molecule has 3 aromatic rings. The van der Waals surface area contributed by atoms with Gasteiger partial charge in [-0.25, -0.2) is 9.97 Å². The van der Waals surface area contributed by atoms with Gasteiger partial charge in [-0.05, 0) is 49.9 Å². The van der Waals surface area contributed by atoms with E-state index in [9.17, 15) is 18.0 Å². The molecule has 0 spiro atoms. The maximum atomic E-state index is 13.2. The highest BCUT2D eigenvalue weighted by atomic mass is 32.1. The van der Waals surface area contributed by atoms with Crippen LogP contribution in [-0.4, -0.2) is 47.2 Å². The van der Waals surface area contributed by atoms with Crippen LogP contribution in [0.2, 0.25) is 0 Å². The standard InChI is InChI=1S/C23H25F3N6OS/c1-11-2-5-14-19(28)20(34-22(14)29-11)21(33)30-13-4-6-17-12(8-13)3-7-18(31-17)32-9-15(16(27)10-32)23(24,25)26/h2-3,5,7,13,15-16H,4,6,8-10,27-28H2,1H3,(H,30,33)/t13-,15+,16+/m0/s1. The monoisotopic (exact) mass is 490 g/mol. The Morgan fingerprint density at radius 2 is 2.00 bits per heavy atom. The van der Waals surface area contributed by atoms with E-state index in [0.29, 0.717) is 35.6 Å². The zero-order chi connectivity index (χ0) is 24.2. The number of amides is 1. The van der Waals surface area contributed by atoms with Crippen molar-refractivity contribution >= 4 is 39.0 Å². The molecule has 7 nitrogen and oxygen atoms in total. The minimum atomic E-state index is -4.32. The van der Waals surface area contributed by atoms with Gasteiger partial charge in [-0.15, -0.1) is 11.3 Å². The van der Waals surface area contributed by atoms with Crippen molar-refractivity contribution < 1.29 is 18.0 Å². The predicted octanol–water partition coefficient (Wildman–Crippen LogP) is 3.20. The molecule has 1 fully saturated rings. The summed E-state index contributed by atoms with van der Waals surface area (Å²) in [4.78, 5) is 24.8. The number of carbonyl (C=O) groups is 1. The molecule has 11 heteroatoms. The topological polar surface area (TPSA) is 110 Å². The van der Waals surface area contributed by atoms with Gasteiger partial charge in [-0.3, -0.25) is 4.79 Å². The molecule has 0 radical (unpaired) electrons. The second-order valence-corrected chi connectivity index (χ2v) is 10.1. The third-order valence-corrected chi connectivity index (χ3v) is 7.75. The summed E-state index contributed by atoms with van der Waals surface area (Å²) in [5.74, 6) is -1.25. The van der Waals surface area contributed by atoms with E-state index in [1.165, 1.54) is 11.3 Å². The van der Waals surface area contributed by atoms with Crippen LogP contribution >= 0.6 is 11.3 Å². The van der Waals surface area contributed by atoms with E-state index >= 15 is 0 Å². The SMILES string of the molecule is Cc1ccc2c(N)c(C(=O)N[C@H]3CCc4nc(N5C[C@@H](N)[C@H](C(F)(F)F)C5)ccc4C3)sc2n1. The molecule has 2 aliphatic rings. The number of aryl methyl sites for hydroxylation is 2. The highest BCUT2D eigenvalue weighted by molar-refractivity contribution is 7.21. The molecule has 0 saturated carbocycles. The molecule has 1 aliphatic carbocycles. The Bertz CT molecular complexity index is 1260. The van der Waals surface area contributed by atoms with E-state index in [1.807, 2.05) is 25.1 Å². The summed E-state index contributed by atoms with van der Waals surface area (Å²) in [5.41, 5.74) is 15.1. The highest BCUT2D eigenvalue weighted by Gasteiger charge is 2.48. The van der Waals surface area contributed by atoms with Crippen molar-refractivity contribution in [2.75, 3.05) is 23.7 Å². The number of rotatable bonds is 3. The average Bonchev–Trinajstić information content (AvgIpc) is 3.33. The van der Waals surface area contributed by atoms with Crippen molar-refractivity contribution in [1.29, 1.82) is 0 Å². The third-order valence-electron chi connectivity index (χ3n) is 6.63. The molecule has 5 N–H and O–H groups in total. The quantitative estimate of drug-likeness (QED) is 0.520. The van der Waals surface area contributed by atoms with Gasteiger partial charge in [0.15, 0.2) is 0 Å². The summed E-state index contributed by atoms with van der Waals surface area (Å²) in [5, 5.41) is 3.85. The van der Waals surface area contributed by atoms with E-state index in [4.69, 9.17) is 11.5 Å². The molecule has 34 heavy (non-hydrogen) atoms. The minimum absolute atomic E-state index is 0.0817. The molecule has 5 rings (SSSR count). The van der Waals surface area contributed by atoms with Crippen LogP contribution in [0, 0.1) is 12.8 Å². The number of nitrogen functional groups attached to an aromatic ring is 1. The molecule has 3 aromatic heterocycles. The van der Waals surface area contributed by atoms with Crippen LogP contribution in [0.25, 0.3) is 10.2 Å². The fourth-order valence-corrected chi connectivity index (χ4v) is 5.81. The van der Waals surface area contributed by atoms with Gasteiger partial charge >= 0.3 is 6.18 Å². The first-order chi connectivity index (χ1) is 16.1. The van der Waals surface area contributed by atoms with Gasteiger partial charge in [0.05, 0.1) is 11.6 Å². The number of aromatic nitrogens is 2. The largest absolute Gasteiger partial charge is 0.397 e. The van der Waals surface area contributed by atoms with E-state index in [2.05, 4.69) is 15.3 Å². The summed E-state index contributed by atoms with van der Waals surface area (Å²) in [7, 11) is 0. The second-order valence-electron chi connectivity index (χ2n) is 9.06. The van der Waals surface area contributed by atoms with Crippen LogP contribution < -0.4 is 21.7 Å². The number of halogens is 3. The molecular formula is C23H25F3N6OS. The molecule has 1 saturated heterocycles. The summed E-state index contributed by atoms with van der Waals surface area (Å²) in [6, 6.07) is 6.34. The molecule has 0 unspecified atom stereocenters. The molecule has 1 amide bonds. The predicted molar refractivity (Wildman–Crippen MR) is 126 cm³/mol. The number of fused-ring (bicyclic) bond motifs is 2. The zero-order valence-electron chi connectivity index (χ0n) is 18.5. The third kappa shape index (κ3) is 4.18. The number of nitrogens with one attached hydrogen (secondary N) is 1. The van der Waals surface area contributed by atoms with Crippen LogP contribution in [-0.2, 0) is 12.8 Å².